The number of amides is 1. The van der Waals surface area contributed by atoms with Gasteiger partial charge < -0.3 is 4.74 Å². The van der Waals surface area contributed by atoms with Crippen LogP contribution >= 0.6 is 0 Å². The van der Waals surface area contributed by atoms with Gasteiger partial charge in [0.2, 0.25) is 0 Å². The number of hydrogen-bond donors (Lipinski definition) is 1. The Bertz CT molecular complexity index is 771. The van der Waals surface area contributed by atoms with E-state index in [2.05, 4.69) is 10.5 Å². The number of nitrogens with zero attached hydrogens (tertiary/aromatic N) is 2. The summed E-state index contributed by atoms with van der Waals surface area (Å²) in [6.45, 7) is 1.56. The standard InChI is InChI=1S/C18H17N3O4/c1-14(25-17-11-9-16(10-12-17)21(23)24)18(22)20-19-13-5-8-15-6-3-2-4-7-15/h2-14H,1H3,(H,20,22)/b8-5+,19-13-/t14-/m1/s1. The molecule has 2 aromatic rings. The van der Waals surface area contributed by atoms with Crippen molar-refractivity contribution in [2.45, 2.75) is 13.0 Å². The highest BCUT2D eigenvalue weighted by molar-refractivity contribution is 5.83. The maximum Gasteiger partial charge on any atom is 0.280 e. The van der Waals surface area contributed by atoms with Crippen LogP contribution in [-0.2, 0) is 4.79 Å². The number of carbonyl (C=O) groups excluding carboxylic acids is 1. The molecule has 2 aromatic carbocycles. The van der Waals surface area contributed by atoms with E-state index in [1.807, 2.05) is 36.4 Å². The van der Waals surface area contributed by atoms with Gasteiger partial charge in [0.05, 0.1) is 4.92 Å². The third-order valence-electron chi connectivity index (χ3n) is 3.15. The topological polar surface area (TPSA) is 93.8 Å². The van der Waals surface area contributed by atoms with Gasteiger partial charge in [-0.25, -0.2) is 5.43 Å². The zero-order chi connectivity index (χ0) is 18.1. The molecule has 0 heterocycles. The predicted octanol–water partition coefficient (Wildman–Crippen LogP) is 3.18. The molecule has 7 nitrogen and oxygen atoms in total. The number of non-ortho nitro benzene ring substituents is 1. The third kappa shape index (κ3) is 5.91. The van der Waals surface area contributed by atoms with Crippen molar-refractivity contribution in [2.24, 2.45) is 5.10 Å². The second-order valence-electron chi connectivity index (χ2n) is 5.04. The van der Waals surface area contributed by atoms with Crippen molar-refractivity contribution in [1.82, 2.24) is 5.43 Å². The number of benzene rings is 2. The Hall–Kier alpha value is -3.48. The van der Waals surface area contributed by atoms with E-state index in [-0.39, 0.29) is 5.69 Å². The average Bonchev–Trinajstić information content (AvgIpc) is 2.62. The summed E-state index contributed by atoms with van der Waals surface area (Å²) >= 11 is 0. The zero-order valence-corrected chi connectivity index (χ0v) is 13.5. The Morgan fingerprint density at radius 2 is 1.88 bits per heavy atom. The molecule has 0 unspecified atom stereocenters. The van der Waals surface area contributed by atoms with Crippen LogP contribution in [0, 0.1) is 10.1 Å². The minimum absolute atomic E-state index is 0.0424. The summed E-state index contributed by atoms with van der Waals surface area (Å²) in [5, 5.41) is 14.4. The number of nitro benzene ring substituents is 1. The lowest BCUT2D eigenvalue weighted by atomic mass is 10.2. The van der Waals surface area contributed by atoms with E-state index in [9.17, 15) is 14.9 Å². The molecule has 1 amide bonds. The van der Waals surface area contributed by atoms with Gasteiger partial charge in [-0.1, -0.05) is 36.4 Å². The molecule has 0 spiro atoms. The van der Waals surface area contributed by atoms with E-state index in [0.29, 0.717) is 5.75 Å². The lowest BCUT2D eigenvalue weighted by molar-refractivity contribution is -0.384. The molecule has 25 heavy (non-hydrogen) atoms. The van der Waals surface area contributed by atoms with Gasteiger partial charge in [0.1, 0.15) is 5.75 Å². The van der Waals surface area contributed by atoms with Crippen molar-refractivity contribution in [2.75, 3.05) is 0 Å². The summed E-state index contributed by atoms with van der Waals surface area (Å²) in [7, 11) is 0. The summed E-state index contributed by atoms with van der Waals surface area (Å²) in [6, 6.07) is 15.2. The highest BCUT2D eigenvalue weighted by Crippen LogP contribution is 2.18. The van der Waals surface area contributed by atoms with E-state index in [1.165, 1.54) is 30.5 Å². The first kappa shape index (κ1) is 17.9. The molecule has 0 aliphatic rings. The molecule has 1 N–H and O–H groups in total. The Kier molecular flexibility index (Phi) is 6.41. The number of hydrogen-bond acceptors (Lipinski definition) is 5. The van der Waals surface area contributed by atoms with Crippen LogP contribution in [0.1, 0.15) is 12.5 Å². The molecule has 0 bridgehead atoms. The molecule has 0 fully saturated rings. The maximum atomic E-state index is 11.9. The minimum atomic E-state index is -0.795. The van der Waals surface area contributed by atoms with Gasteiger partial charge in [0, 0.05) is 18.3 Å². The highest BCUT2D eigenvalue weighted by atomic mass is 16.6. The minimum Gasteiger partial charge on any atom is -0.481 e. The molecule has 0 aliphatic carbocycles. The third-order valence-corrected chi connectivity index (χ3v) is 3.15. The predicted molar refractivity (Wildman–Crippen MR) is 95.3 cm³/mol. The Labute approximate surface area is 144 Å². The van der Waals surface area contributed by atoms with E-state index >= 15 is 0 Å². The largest absolute Gasteiger partial charge is 0.481 e. The summed E-state index contributed by atoms with van der Waals surface area (Å²) in [5.41, 5.74) is 3.35. The Morgan fingerprint density at radius 1 is 1.20 bits per heavy atom. The van der Waals surface area contributed by atoms with Gasteiger partial charge in [-0.05, 0) is 30.7 Å². The molecule has 1 atom stereocenters. The van der Waals surface area contributed by atoms with Crippen LogP contribution in [0.5, 0.6) is 5.75 Å². The SMILES string of the molecule is C[C@@H](Oc1ccc([N+](=O)[O-])cc1)C(=O)N/N=C\C=C\c1ccccc1. The normalized spacial score (nSPS) is 12.2. The zero-order valence-electron chi connectivity index (χ0n) is 13.5. The summed E-state index contributed by atoms with van der Waals surface area (Å²) in [4.78, 5) is 22.0. The number of rotatable bonds is 7. The lowest BCUT2D eigenvalue weighted by Crippen LogP contribution is -2.33. The molecule has 0 saturated heterocycles. The summed E-state index contributed by atoms with van der Waals surface area (Å²) in [6.07, 6.45) is 4.23. The van der Waals surface area contributed by atoms with Crippen LogP contribution in [0.4, 0.5) is 5.69 Å². The lowest BCUT2D eigenvalue weighted by Gasteiger charge is -2.12. The first-order valence-corrected chi connectivity index (χ1v) is 7.52. The van der Waals surface area contributed by atoms with Gasteiger partial charge in [-0.2, -0.15) is 5.10 Å². The molecule has 0 saturated carbocycles. The summed E-state index contributed by atoms with van der Waals surface area (Å²) in [5.74, 6) is -0.0658. The van der Waals surface area contributed by atoms with Crippen molar-refractivity contribution in [3.05, 3.63) is 76.4 Å². The quantitative estimate of drug-likeness (QED) is 0.476. The summed E-state index contributed by atoms with van der Waals surface area (Å²) < 4.78 is 5.41. The fourth-order valence-corrected chi connectivity index (χ4v) is 1.86. The number of carbonyl (C=O) groups is 1. The fraction of sp³-hybridized carbons (Fsp3) is 0.111. The van der Waals surface area contributed by atoms with Crippen molar-refractivity contribution < 1.29 is 14.5 Å². The van der Waals surface area contributed by atoms with Crippen LogP contribution < -0.4 is 10.2 Å². The Balaban J connectivity index is 1.80. The Morgan fingerprint density at radius 3 is 2.52 bits per heavy atom. The van der Waals surface area contributed by atoms with Gasteiger partial charge >= 0.3 is 0 Å². The average molecular weight is 339 g/mol. The second kappa shape index (κ2) is 8.97. The van der Waals surface area contributed by atoms with Crippen LogP contribution in [0.25, 0.3) is 6.08 Å². The van der Waals surface area contributed by atoms with Crippen LogP contribution in [-0.4, -0.2) is 23.1 Å². The highest BCUT2D eigenvalue weighted by Gasteiger charge is 2.14. The van der Waals surface area contributed by atoms with Gasteiger partial charge in [0.15, 0.2) is 6.10 Å². The first-order valence-electron chi connectivity index (χ1n) is 7.52. The first-order chi connectivity index (χ1) is 12.1. The fourth-order valence-electron chi connectivity index (χ4n) is 1.86. The molecule has 0 aliphatic heterocycles. The van der Waals surface area contributed by atoms with Crippen LogP contribution in [0.3, 0.4) is 0 Å². The van der Waals surface area contributed by atoms with E-state index < -0.39 is 16.9 Å². The number of ether oxygens (including phenoxy) is 1. The van der Waals surface area contributed by atoms with Gasteiger partial charge in [-0.15, -0.1) is 0 Å². The molecule has 0 aromatic heterocycles. The van der Waals surface area contributed by atoms with Gasteiger partial charge in [-0.3, -0.25) is 14.9 Å². The van der Waals surface area contributed by atoms with E-state index in [1.54, 1.807) is 13.0 Å². The monoisotopic (exact) mass is 339 g/mol. The second-order valence-corrected chi connectivity index (χ2v) is 5.04. The van der Waals surface area contributed by atoms with Crippen molar-refractivity contribution in [1.29, 1.82) is 0 Å². The van der Waals surface area contributed by atoms with Gasteiger partial charge in [0.25, 0.3) is 11.6 Å². The molecule has 7 heteroatoms. The number of allylic oxidation sites excluding steroid dienone is 1. The molecule has 0 radical (unpaired) electrons. The maximum absolute atomic E-state index is 11.9. The molecule has 2 rings (SSSR count). The van der Waals surface area contributed by atoms with Crippen LogP contribution in [0.15, 0.2) is 65.8 Å². The van der Waals surface area contributed by atoms with E-state index in [4.69, 9.17) is 4.74 Å². The molecule has 128 valence electrons. The number of hydrazone groups is 1. The smallest absolute Gasteiger partial charge is 0.280 e. The number of nitro groups is 1. The van der Waals surface area contributed by atoms with Crippen molar-refractivity contribution >= 4 is 23.9 Å². The molecular formula is C18H17N3O4. The molecular weight excluding hydrogens is 322 g/mol. The van der Waals surface area contributed by atoms with Crippen LogP contribution in [0.2, 0.25) is 0 Å². The number of nitrogens with one attached hydrogen (secondary N) is 1. The van der Waals surface area contributed by atoms with Crippen molar-refractivity contribution in [3.63, 3.8) is 0 Å². The van der Waals surface area contributed by atoms with Crippen molar-refractivity contribution in [3.8, 4) is 5.75 Å². The van der Waals surface area contributed by atoms with E-state index in [0.717, 1.165) is 5.56 Å².